The van der Waals surface area contributed by atoms with Gasteiger partial charge in [-0.2, -0.15) is 5.26 Å². The fourth-order valence-corrected chi connectivity index (χ4v) is 2.95. The lowest BCUT2D eigenvalue weighted by atomic mass is 10.0. The third-order valence-corrected chi connectivity index (χ3v) is 4.29. The van der Waals surface area contributed by atoms with E-state index in [4.69, 9.17) is 0 Å². The molecular weight excluding hydrogens is 288 g/mol. The maximum Gasteiger partial charge on any atom is 0.134 e. The molecule has 0 unspecified atom stereocenters. The Morgan fingerprint density at radius 3 is 2.32 bits per heavy atom. The fraction of sp³-hybridized carbons (Fsp3) is 0.0526. The van der Waals surface area contributed by atoms with Gasteiger partial charge in [-0.15, -0.1) is 11.3 Å². The van der Waals surface area contributed by atoms with Crippen LogP contribution in [0.4, 0.5) is 0 Å². The molecule has 0 bridgehead atoms. The molecule has 106 valence electrons. The van der Waals surface area contributed by atoms with Crippen molar-refractivity contribution in [2.24, 2.45) is 0 Å². The molecule has 22 heavy (non-hydrogen) atoms. The second kappa shape index (κ2) is 6.38. The van der Waals surface area contributed by atoms with Crippen molar-refractivity contribution in [3.63, 3.8) is 0 Å². The summed E-state index contributed by atoms with van der Waals surface area (Å²) in [6.45, 7) is 1.93. The van der Waals surface area contributed by atoms with E-state index in [1.807, 2.05) is 48.7 Å². The number of rotatable bonds is 3. The van der Waals surface area contributed by atoms with Gasteiger partial charge in [0.2, 0.25) is 0 Å². The van der Waals surface area contributed by atoms with Gasteiger partial charge in [0.15, 0.2) is 0 Å². The fourth-order valence-electron chi connectivity index (χ4n) is 2.19. The first kappa shape index (κ1) is 14.2. The van der Waals surface area contributed by atoms with Gasteiger partial charge in [0, 0.05) is 11.1 Å². The van der Waals surface area contributed by atoms with Crippen LogP contribution in [0, 0.1) is 18.3 Å². The molecule has 3 aromatic rings. The molecule has 0 amide bonds. The summed E-state index contributed by atoms with van der Waals surface area (Å²) in [6.07, 6.45) is 1.88. The van der Waals surface area contributed by atoms with Crippen molar-refractivity contribution in [1.29, 1.82) is 5.26 Å². The van der Waals surface area contributed by atoms with Crippen LogP contribution in [0.3, 0.4) is 0 Å². The Labute approximate surface area is 134 Å². The molecule has 0 aliphatic heterocycles. The lowest BCUT2D eigenvalue weighted by molar-refractivity contribution is 1.25. The summed E-state index contributed by atoms with van der Waals surface area (Å²) in [4.78, 5) is 4.37. The van der Waals surface area contributed by atoms with Gasteiger partial charge in [0.05, 0.1) is 5.57 Å². The number of nitrogens with zero attached hydrogens (tertiary/aromatic N) is 2. The van der Waals surface area contributed by atoms with Crippen molar-refractivity contribution in [2.45, 2.75) is 6.92 Å². The Balaban J connectivity index is 1.90. The first-order chi connectivity index (χ1) is 10.8. The molecule has 0 aliphatic rings. The van der Waals surface area contributed by atoms with E-state index < -0.39 is 0 Å². The standard InChI is InChI=1S/C19H14N2S/c1-14-13-22-19(21-14)18(12-20)11-15-7-9-17(10-8-15)16-5-3-2-4-6-16/h2-11,13H,1H3. The van der Waals surface area contributed by atoms with Crippen LogP contribution < -0.4 is 0 Å². The predicted octanol–water partition coefficient (Wildman–Crippen LogP) is 5.18. The van der Waals surface area contributed by atoms with Crippen LogP contribution in [-0.4, -0.2) is 4.98 Å². The zero-order valence-electron chi connectivity index (χ0n) is 12.2. The molecular formula is C19H14N2S. The Morgan fingerprint density at radius 1 is 1.05 bits per heavy atom. The van der Waals surface area contributed by atoms with Crippen LogP contribution in [0.15, 0.2) is 60.0 Å². The second-order valence-corrected chi connectivity index (χ2v) is 5.81. The molecule has 1 heterocycles. The van der Waals surface area contributed by atoms with Crippen molar-refractivity contribution in [2.75, 3.05) is 0 Å². The molecule has 0 spiro atoms. The van der Waals surface area contributed by atoms with E-state index in [2.05, 4.69) is 35.3 Å². The summed E-state index contributed by atoms with van der Waals surface area (Å²) in [5.74, 6) is 0. The highest BCUT2D eigenvalue weighted by molar-refractivity contribution is 7.11. The zero-order chi connectivity index (χ0) is 15.4. The zero-order valence-corrected chi connectivity index (χ0v) is 13.0. The molecule has 0 N–H and O–H groups in total. The Morgan fingerprint density at radius 2 is 1.73 bits per heavy atom. The number of thiazole rings is 1. The molecule has 0 saturated heterocycles. The molecule has 2 aromatic carbocycles. The van der Waals surface area contributed by atoms with E-state index in [-0.39, 0.29) is 0 Å². The van der Waals surface area contributed by atoms with Gasteiger partial charge in [-0.05, 0) is 29.7 Å². The lowest BCUT2D eigenvalue weighted by Gasteiger charge is -2.02. The number of aryl methyl sites for hydroxylation is 1. The van der Waals surface area contributed by atoms with Gasteiger partial charge >= 0.3 is 0 Å². The molecule has 0 atom stereocenters. The first-order valence-electron chi connectivity index (χ1n) is 6.96. The van der Waals surface area contributed by atoms with E-state index in [1.54, 1.807) is 0 Å². The minimum atomic E-state index is 0.602. The second-order valence-electron chi connectivity index (χ2n) is 4.95. The number of aromatic nitrogens is 1. The quantitative estimate of drug-likeness (QED) is 0.625. The van der Waals surface area contributed by atoms with Crippen LogP contribution in [0.5, 0.6) is 0 Å². The predicted molar refractivity (Wildman–Crippen MR) is 92.2 cm³/mol. The minimum Gasteiger partial charge on any atom is -0.241 e. The molecule has 2 nitrogen and oxygen atoms in total. The van der Waals surface area contributed by atoms with Gasteiger partial charge in [0.1, 0.15) is 11.1 Å². The maximum absolute atomic E-state index is 9.33. The average Bonchev–Trinajstić information content (AvgIpc) is 3.00. The molecule has 3 rings (SSSR count). The summed E-state index contributed by atoms with van der Waals surface area (Å²) in [7, 11) is 0. The lowest BCUT2D eigenvalue weighted by Crippen LogP contribution is -1.82. The Kier molecular flexibility index (Phi) is 4.13. The summed E-state index contributed by atoms with van der Waals surface area (Å²) in [5, 5.41) is 12.1. The topological polar surface area (TPSA) is 36.7 Å². The van der Waals surface area contributed by atoms with Gasteiger partial charge in [-0.3, -0.25) is 0 Å². The van der Waals surface area contributed by atoms with Crippen molar-refractivity contribution < 1.29 is 0 Å². The van der Waals surface area contributed by atoms with Crippen molar-refractivity contribution >= 4 is 23.0 Å². The number of hydrogen-bond donors (Lipinski definition) is 0. The summed E-state index contributed by atoms with van der Waals surface area (Å²) < 4.78 is 0. The highest BCUT2D eigenvalue weighted by Gasteiger charge is 2.05. The van der Waals surface area contributed by atoms with Crippen LogP contribution in [-0.2, 0) is 0 Å². The Hall–Kier alpha value is -2.70. The average molecular weight is 302 g/mol. The summed E-state index contributed by atoms with van der Waals surface area (Å²) >= 11 is 1.50. The molecule has 0 saturated carbocycles. The highest BCUT2D eigenvalue weighted by atomic mass is 32.1. The van der Waals surface area contributed by atoms with Gasteiger partial charge in [-0.1, -0.05) is 54.6 Å². The molecule has 0 fully saturated rings. The van der Waals surface area contributed by atoms with Crippen LogP contribution >= 0.6 is 11.3 Å². The SMILES string of the molecule is Cc1csc(C(C#N)=Cc2ccc(-c3ccccc3)cc2)n1. The first-order valence-corrected chi connectivity index (χ1v) is 7.84. The largest absolute Gasteiger partial charge is 0.241 e. The Bertz CT molecular complexity index is 837. The minimum absolute atomic E-state index is 0.602. The van der Waals surface area contributed by atoms with Crippen LogP contribution in [0.1, 0.15) is 16.3 Å². The monoisotopic (exact) mass is 302 g/mol. The van der Waals surface area contributed by atoms with E-state index in [1.165, 1.54) is 22.5 Å². The van der Waals surface area contributed by atoms with Crippen molar-refractivity contribution in [3.05, 3.63) is 76.2 Å². The number of benzene rings is 2. The van der Waals surface area contributed by atoms with Crippen LogP contribution in [0.25, 0.3) is 22.8 Å². The molecule has 3 heteroatoms. The number of allylic oxidation sites excluding steroid dienone is 1. The molecule has 1 aromatic heterocycles. The van der Waals surface area contributed by atoms with Gasteiger partial charge in [0.25, 0.3) is 0 Å². The third-order valence-electron chi connectivity index (χ3n) is 3.30. The number of hydrogen-bond acceptors (Lipinski definition) is 3. The van der Waals surface area contributed by atoms with Crippen molar-refractivity contribution in [3.8, 4) is 17.2 Å². The van der Waals surface area contributed by atoms with E-state index in [0.717, 1.165) is 16.3 Å². The normalized spacial score (nSPS) is 11.2. The van der Waals surface area contributed by atoms with E-state index in [9.17, 15) is 5.26 Å². The van der Waals surface area contributed by atoms with Gasteiger partial charge in [-0.25, -0.2) is 4.98 Å². The number of nitriles is 1. The maximum atomic E-state index is 9.33. The summed E-state index contributed by atoms with van der Waals surface area (Å²) in [5.41, 5.74) is 4.91. The van der Waals surface area contributed by atoms with Gasteiger partial charge < -0.3 is 0 Å². The van der Waals surface area contributed by atoms with E-state index >= 15 is 0 Å². The molecule has 0 aliphatic carbocycles. The highest BCUT2D eigenvalue weighted by Crippen LogP contribution is 2.23. The van der Waals surface area contributed by atoms with Crippen LogP contribution in [0.2, 0.25) is 0 Å². The smallest absolute Gasteiger partial charge is 0.134 e. The van der Waals surface area contributed by atoms with Crippen molar-refractivity contribution in [1.82, 2.24) is 4.98 Å². The third kappa shape index (κ3) is 3.13. The van der Waals surface area contributed by atoms with E-state index in [0.29, 0.717) is 5.57 Å². The molecule has 0 radical (unpaired) electrons. The summed E-state index contributed by atoms with van der Waals surface area (Å²) in [6, 6.07) is 20.7.